The molecule has 0 amide bonds. The average molecular weight is 275 g/mol. The van der Waals surface area contributed by atoms with Crippen molar-refractivity contribution in [1.82, 2.24) is 10.2 Å². The maximum Gasteiger partial charge on any atom is 0.169 e. The van der Waals surface area contributed by atoms with Crippen molar-refractivity contribution in [3.05, 3.63) is 35.4 Å². The highest BCUT2D eigenvalue weighted by atomic mass is 32.1. The zero-order valence-electron chi connectivity index (χ0n) is 11.1. The van der Waals surface area contributed by atoms with Gasteiger partial charge in [-0.2, -0.15) is 5.26 Å². The summed E-state index contributed by atoms with van der Waals surface area (Å²) >= 11 is 5.25. The third-order valence-corrected chi connectivity index (χ3v) is 3.97. The number of nitrogens with zero attached hydrogens (tertiary/aromatic N) is 2. The molecule has 0 aromatic heterocycles. The van der Waals surface area contributed by atoms with Gasteiger partial charge in [0.1, 0.15) is 6.54 Å². The predicted octanol–water partition coefficient (Wildman–Crippen LogP) is -0.237. The molecule has 2 N–H and O–H groups in total. The summed E-state index contributed by atoms with van der Waals surface area (Å²) in [6.45, 7) is 5.23. The van der Waals surface area contributed by atoms with Crippen LogP contribution in [0.3, 0.4) is 0 Å². The van der Waals surface area contributed by atoms with E-state index in [1.165, 1.54) is 5.56 Å². The van der Waals surface area contributed by atoms with E-state index >= 15 is 0 Å². The summed E-state index contributed by atoms with van der Waals surface area (Å²) < 4.78 is 0. The Morgan fingerprint density at radius 1 is 1.37 bits per heavy atom. The van der Waals surface area contributed by atoms with Crippen LogP contribution in [0.25, 0.3) is 0 Å². The summed E-state index contributed by atoms with van der Waals surface area (Å²) in [5.74, 6) is 0. The molecule has 0 saturated carbocycles. The Morgan fingerprint density at radius 2 is 2.00 bits per heavy atom. The molecule has 0 bridgehead atoms. The Hall–Kier alpha value is -1.64. The number of thiocarbonyl (C=S) groups is 1. The van der Waals surface area contributed by atoms with E-state index in [9.17, 15) is 0 Å². The van der Waals surface area contributed by atoms with E-state index in [-0.39, 0.29) is 0 Å². The van der Waals surface area contributed by atoms with E-state index in [2.05, 4.69) is 28.4 Å². The zero-order chi connectivity index (χ0) is 13.7. The quantitative estimate of drug-likeness (QED) is 0.732. The highest BCUT2D eigenvalue weighted by Crippen LogP contribution is 2.02. The van der Waals surface area contributed by atoms with Crippen LogP contribution in [0.5, 0.6) is 0 Å². The Kier molecular flexibility index (Phi) is 4.72. The van der Waals surface area contributed by atoms with Crippen molar-refractivity contribution in [2.45, 2.75) is 6.54 Å². The van der Waals surface area contributed by atoms with Gasteiger partial charge in [0.25, 0.3) is 0 Å². The summed E-state index contributed by atoms with van der Waals surface area (Å²) in [4.78, 5) is 3.79. The number of rotatable bonds is 2. The standard InChI is InChI=1S/C14H18N4S/c1-16-14(19)18-8-6-17(7-9-18)11-13-4-2-12(10-15)3-5-13/h2-5H,6-9,11H2,1H3,(H,16,19)/p+1. The molecule has 1 heterocycles. The molecule has 0 unspecified atom stereocenters. The lowest BCUT2D eigenvalue weighted by atomic mass is 10.1. The van der Waals surface area contributed by atoms with Gasteiger partial charge in [-0.15, -0.1) is 0 Å². The third kappa shape index (κ3) is 3.66. The minimum atomic E-state index is 0.725. The van der Waals surface area contributed by atoms with E-state index in [1.807, 2.05) is 19.2 Å². The van der Waals surface area contributed by atoms with Crippen LogP contribution in [0.4, 0.5) is 0 Å². The number of nitrogens with one attached hydrogen (secondary N) is 2. The van der Waals surface area contributed by atoms with Gasteiger partial charge in [0.15, 0.2) is 5.11 Å². The van der Waals surface area contributed by atoms with Crippen LogP contribution >= 0.6 is 12.2 Å². The fourth-order valence-corrected chi connectivity index (χ4v) is 2.53. The smallest absolute Gasteiger partial charge is 0.169 e. The molecule has 1 aromatic rings. The number of nitriles is 1. The topological polar surface area (TPSA) is 43.5 Å². The second kappa shape index (κ2) is 6.50. The van der Waals surface area contributed by atoms with Crippen molar-refractivity contribution in [3.63, 3.8) is 0 Å². The van der Waals surface area contributed by atoms with E-state index in [0.717, 1.165) is 43.4 Å². The lowest BCUT2D eigenvalue weighted by molar-refractivity contribution is -0.917. The number of quaternary nitrogens is 1. The van der Waals surface area contributed by atoms with E-state index in [1.54, 1.807) is 4.90 Å². The average Bonchev–Trinajstić information content (AvgIpc) is 2.48. The largest absolute Gasteiger partial charge is 0.366 e. The predicted molar refractivity (Wildman–Crippen MR) is 78.8 cm³/mol. The fourth-order valence-electron chi connectivity index (χ4n) is 2.35. The number of benzene rings is 1. The maximum atomic E-state index is 8.78. The second-order valence-corrected chi connectivity index (χ2v) is 5.16. The first-order valence-corrected chi connectivity index (χ1v) is 6.93. The summed E-state index contributed by atoms with van der Waals surface area (Å²) in [5, 5.41) is 12.6. The first-order chi connectivity index (χ1) is 9.22. The molecule has 0 radical (unpaired) electrons. The molecule has 5 heteroatoms. The first kappa shape index (κ1) is 13.8. The lowest BCUT2D eigenvalue weighted by Crippen LogP contribution is -3.13. The van der Waals surface area contributed by atoms with Gasteiger partial charge in [-0.05, 0) is 24.4 Å². The number of hydrogen-bond acceptors (Lipinski definition) is 2. The second-order valence-electron chi connectivity index (χ2n) is 4.78. The molecule has 2 rings (SSSR count). The molecule has 0 aliphatic carbocycles. The molecule has 1 aliphatic heterocycles. The van der Waals surface area contributed by atoms with Gasteiger partial charge in [0.05, 0.1) is 37.8 Å². The van der Waals surface area contributed by atoms with Crippen molar-refractivity contribution >= 4 is 17.3 Å². The van der Waals surface area contributed by atoms with Gasteiger partial charge in [-0.25, -0.2) is 0 Å². The number of hydrogen-bond donors (Lipinski definition) is 2. The summed E-state index contributed by atoms with van der Waals surface area (Å²) in [6, 6.07) is 10.0. The number of piperazine rings is 1. The molecule has 100 valence electrons. The molecule has 1 aromatic carbocycles. The van der Waals surface area contributed by atoms with Crippen LogP contribution < -0.4 is 10.2 Å². The van der Waals surface area contributed by atoms with Crippen LogP contribution in [-0.4, -0.2) is 43.2 Å². The van der Waals surface area contributed by atoms with Crippen molar-refractivity contribution in [3.8, 4) is 6.07 Å². The van der Waals surface area contributed by atoms with Crippen LogP contribution in [0.1, 0.15) is 11.1 Å². The molecule has 1 fully saturated rings. The van der Waals surface area contributed by atoms with Gasteiger partial charge in [0, 0.05) is 12.6 Å². The molecular formula is C14H19N4S+. The Morgan fingerprint density at radius 3 is 2.53 bits per heavy atom. The van der Waals surface area contributed by atoms with Crippen molar-refractivity contribution in [2.75, 3.05) is 33.2 Å². The minimum Gasteiger partial charge on any atom is -0.366 e. The summed E-state index contributed by atoms with van der Waals surface area (Å²) in [5.41, 5.74) is 2.02. The SMILES string of the molecule is CNC(=S)N1CC[NH+](Cc2ccc(C#N)cc2)CC1. The van der Waals surface area contributed by atoms with Gasteiger partial charge in [-0.1, -0.05) is 12.1 Å². The molecule has 1 saturated heterocycles. The highest BCUT2D eigenvalue weighted by molar-refractivity contribution is 7.80. The van der Waals surface area contributed by atoms with Gasteiger partial charge >= 0.3 is 0 Å². The van der Waals surface area contributed by atoms with E-state index in [4.69, 9.17) is 17.5 Å². The monoisotopic (exact) mass is 275 g/mol. The summed E-state index contributed by atoms with van der Waals surface area (Å²) in [6.07, 6.45) is 0. The van der Waals surface area contributed by atoms with Crippen LogP contribution in [0.15, 0.2) is 24.3 Å². The third-order valence-electron chi connectivity index (χ3n) is 3.51. The molecular weight excluding hydrogens is 256 g/mol. The van der Waals surface area contributed by atoms with Crippen molar-refractivity contribution < 1.29 is 4.90 Å². The molecule has 1 aliphatic rings. The molecule has 19 heavy (non-hydrogen) atoms. The van der Waals surface area contributed by atoms with Crippen molar-refractivity contribution in [1.29, 1.82) is 5.26 Å². The van der Waals surface area contributed by atoms with E-state index < -0.39 is 0 Å². The fraction of sp³-hybridized carbons (Fsp3) is 0.429. The van der Waals surface area contributed by atoms with Crippen LogP contribution in [-0.2, 0) is 6.54 Å². The lowest BCUT2D eigenvalue weighted by Gasteiger charge is -2.33. The Labute approximate surface area is 119 Å². The Balaban J connectivity index is 1.85. The summed E-state index contributed by atoms with van der Waals surface area (Å²) in [7, 11) is 1.87. The normalized spacial score (nSPS) is 15.9. The van der Waals surface area contributed by atoms with E-state index in [0.29, 0.717) is 0 Å². The first-order valence-electron chi connectivity index (χ1n) is 6.52. The van der Waals surface area contributed by atoms with Crippen LogP contribution in [0, 0.1) is 11.3 Å². The Bertz CT molecular complexity index is 469. The minimum absolute atomic E-state index is 0.725. The van der Waals surface area contributed by atoms with Crippen LogP contribution in [0.2, 0.25) is 0 Å². The highest BCUT2D eigenvalue weighted by Gasteiger charge is 2.21. The zero-order valence-corrected chi connectivity index (χ0v) is 12.0. The molecule has 0 atom stereocenters. The maximum absolute atomic E-state index is 8.78. The van der Waals surface area contributed by atoms with Gasteiger partial charge in [-0.3, -0.25) is 0 Å². The van der Waals surface area contributed by atoms with Crippen molar-refractivity contribution in [2.24, 2.45) is 0 Å². The van der Waals surface area contributed by atoms with Gasteiger partial charge in [0.2, 0.25) is 0 Å². The molecule has 4 nitrogen and oxygen atoms in total. The van der Waals surface area contributed by atoms with Gasteiger partial charge < -0.3 is 15.1 Å². The molecule has 0 spiro atoms.